The Kier molecular flexibility index (Phi) is 28.2. The number of hydrogen-bond acceptors (Lipinski definition) is 10. The molecule has 83 heavy (non-hydrogen) atoms. The van der Waals surface area contributed by atoms with Gasteiger partial charge in [0.15, 0.2) is 0 Å². The van der Waals surface area contributed by atoms with Crippen molar-refractivity contribution in [1.82, 2.24) is 40.5 Å². The van der Waals surface area contributed by atoms with Crippen LogP contribution in [0.5, 0.6) is 0 Å². The van der Waals surface area contributed by atoms with Crippen molar-refractivity contribution in [2.45, 2.75) is 155 Å². The number of unbranched alkanes of at least 4 members (excludes halogenated alkanes) is 1. The molecule has 0 aliphatic heterocycles. The summed E-state index contributed by atoms with van der Waals surface area (Å²) in [6.07, 6.45) is 11.4. The van der Waals surface area contributed by atoms with Crippen molar-refractivity contribution < 1.29 is 38.4 Å². The summed E-state index contributed by atoms with van der Waals surface area (Å²) in [5.41, 5.74) is 21.9. The first-order chi connectivity index (χ1) is 39.7. The Morgan fingerprint density at radius 2 is 1.16 bits per heavy atom. The number of amides is 8. The minimum absolute atomic E-state index is 0.00430. The van der Waals surface area contributed by atoms with E-state index in [9.17, 15) is 38.4 Å². The molecule has 19 heteroatoms. The molecule has 0 bridgehead atoms. The van der Waals surface area contributed by atoms with Crippen LogP contribution in [0.15, 0.2) is 91.1 Å². The number of fused-ring (bicyclic) bond motifs is 1. The van der Waals surface area contributed by atoms with Crippen LogP contribution in [0.1, 0.15) is 128 Å². The minimum Gasteiger partial charge on any atom is -0.368 e. The lowest BCUT2D eigenvalue weighted by Crippen LogP contribution is -2.54. The molecule has 1 aliphatic carbocycles. The van der Waals surface area contributed by atoms with Crippen molar-refractivity contribution in [1.29, 1.82) is 0 Å². The third-order valence-corrected chi connectivity index (χ3v) is 15.2. The van der Waals surface area contributed by atoms with Crippen LogP contribution in [-0.4, -0.2) is 155 Å². The summed E-state index contributed by atoms with van der Waals surface area (Å²) in [4.78, 5) is 119. The van der Waals surface area contributed by atoms with Crippen molar-refractivity contribution in [3.63, 3.8) is 0 Å². The fraction of sp³-hybridized carbons (Fsp3) is 0.562. The van der Waals surface area contributed by atoms with Crippen LogP contribution in [0.2, 0.25) is 0 Å². The molecule has 1 aliphatic rings. The van der Waals surface area contributed by atoms with Gasteiger partial charge in [0.25, 0.3) is 0 Å². The Bertz CT molecular complexity index is 2680. The maximum Gasteiger partial charge on any atom is 0.239 e. The Morgan fingerprint density at radius 3 is 1.77 bits per heavy atom. The van der Waals surface area contributed by atoms with Crippen LogP contribution in [0.25, 0.3) is 10.9 Å². The number of carbonyl (C=O) groups excluding carboxylic acids is 8. The number of carbonyl (C=O) groups is 8. The third-order valence-electron chi connectivity index (χ3n) is 15.2. The number of hydrogen-bond donors (Lipinski definition) is 7. The Hall–Kier alpha value is -7.12. The van der Waals surface area contributed by atoms with E-state index in [1.165, 1.54) is 32.9 Å². The van der Waals surface area contributed by atoms with Crippen LogP contribution in [-0.2, 0) is 57.6 Å². The average Bonchev–Trinajstić information content (AvgIpc) is 3.86. The molecule has 4 atom stereocenters. The van der Waals surface area contributed by atoms with Crippen molar-refractivity contribution >= 4 is 58.2 Å². The van der Waals surface area contributed by atoms with E-state index in [1.54, 1.807) is 0 Å². The van der Waals surface area contributed by atoms with E-state index in [0.29, 0.717) is 57.4 Å². The van der Waals surface area contributed by atoms with Gasteiger partial charge in [-0.1, -0.05) is 145 Å². The summed E-state index contributed by atoms with van der Waals surface area (Å²) in [5, 5.41) is 10.3. The van der Waals surface area contributed by atoms with Gasteiger partial charge in [-0.3, -0.25) is 38.4 Å². The van der Waals surface area contributed by atoms with Gasteiger partial charge in [-0.15, -0.1) is 0 Å². The van der Waals surface area contributed by atoms with Crippen molar-refractivity contribution in [2.24, 2.45) is 35.0 Å². The van der Waals surface area contributed by atoms with E-state index in [2.05, 4.69) is 20.9 Å². The molecule has 4 aromatic rings. The first-order valence-corrected chi connectivity index (χ1v) is 30.1. The maximum atomic E-state index is 14.4. The first-order valence-electron chi connectivity index (χ1n) is 30.1. The fourth-order valence-corrected chi connectivity index (χ4v) is 11.2. The fourth-order valence-electron chi connectivity index (χ4n) is 11.2. The molecule has 454 valence electrons. The molecule has 5 rings (SSSR count). The number of rotatable bonds is 36. The van der Waals surface area contributed by atoms with E-state index >= 15 is 0 Å². The SMILES string of the molecule is CC(=O)N(CC(=O)N[C@@H](CCCCN)CN(CC(=O)N[C@@H](CC(C)C)CN(CC(N)=O)C(=O)Cc1ccccc1)C(=O)CCC1CCCCC1)C[C@H](Cc1ccccc1)NC(=O)CN(C[C@@H](N)Cc1c[nH]c2ccccc12)C(=O)CC(C)C. The molecular formula is C64H95N11O8. The van der Waals surface area contributed by atoms with E-state index in [4.69, 9.17) is 17.2 Å². The van der Waals surface area contributed by atoms with Gasteiger partial charge in [0.2, 0.25) is 47.3 Å². The second-order valence-electron chi connectivity index (χ2n) is 23.7. The molecule has 19 nitrogen and oxygen atoms in total. The number of nitrogens with zero attached hydrogens (tertiary/aromatic N) is 4. The lowest BCUT2D eigenvalue weighted by molar-refractivity contribution is -0.138. The summed E-state index contributed by atoms with van der Waals surface area (Å²) in [6, 6.07) is 24.2. The molecule has 8 amide bonds. The molecule has 0 saturated heterocycles. The lowest BCUT2D eigenvalue weighted by Gasteiger charge is -2.32. The van der Waals surface area contributed by atoms with Gasteiger partial charge in [0.1, 0.15) is 0 Å². The number of benzene rings is 3. The molecular weight excluding hydrogens is 1050 g/mol. The van der Waals surface area contributed by atoms with Crippen LogP contribution in [0.4, 0.5) is 0 Å². The molecule has 0 spiro atoms. The standard InChI is InChI=1S/C64H95N11O8/c1-45(2)31-54(40-74(41-58(67)77)64(83)34-50-23-13-8-14-24-50)70-61(80)44-75(62(81)29-28-48-19-9-6-10-20-48)38-53(25-17-18-30-65)69-59(78)42-72(47(5)76)39-55(33-49-21-11-7-12-22-49)71-60(79)43-73(63(82)32-46(3)4)37-52(66)35-51-36-68-57-27-16-15-26-56(51)57/h7-8,11-16,21-24,26-27,36,45-46,48,52-55,68H,6,9-10,17-20,25,28-35,37-44,65-66H2,1-5H3,(H2,67,77)(H,69,78)(H,70,80)(H,71,79)/t52-,53-,54-,55-/m0/s1. The Labute approximate surface area is 491 Å². The van der Waals surface area contributed by atoms with Crippen molar-refractivity contribution in [3.05, 3.63) is 108 Å². The van der Waals surface area contributed by atoms with Gasteiger partial charge in [0, 0.05) is 81.2 Å². The zero-order valence-corrected chi connectivity index (χ0v) is 50.0. The van der Waals surface area contributed by atoms with Crippen LogP contribution in [0.3, 0.4) is 0 Å². The van der Waals surface area contributed by atoms with E-state index in [1.807, 2.05) is 119 Å². The molecule has 1 fully saturated rings. The second-order valence-corrected chi connectivity index (χ2v) is 23.7. The summed E-state index contributed by atoms with van der Waals surface area (Å²) >= 11 is 0. The van der Waals surface area contributed by atoms with E-state index in [-0.39, 0.29) is 101 Å². The summed E-state index contributed by atoms with van der Waals surface area (Å²) < 4.78 is 0. The normalized spacial score (nSPS) is 14.1. The van der Waals surface area contributed by atoms with Crippen LogP contribution < -0.4 is 33.2 Å². The number of aromatic nitrogens is 1. The monoisotopic (exact) mass is 1150 g/mol. The molecule has 3 aromatic carbocycles. The average molecular weight is 1150 g/mol. The predicted octanol–water partition coefficient (Wildman–Crippen LogP) is 5.38. The molecule has 0 unspecified atom stereocenters. The Balaban J connectivity index is 1.32. The summed E-state index contributed by atoms with van der Waals surface area (Å²) in [6.45, 7) is 8.43. The summed E-state index contributed by atoms with van der Waals surface area (Å²) in [5.74, 6) is -2.75. The topological polar surface area (TPSA) is 279 Å². The molecule has 1 heterocycles. The second kappa shape index (κ2) is 35.1. The zero-order valence-electron chi connectivity index (χ0n) is 50.0. The largest absolute Gasteiger partial charge is 0.368 e. The highest BCUT2D eigenvalue weighted by atomic mass is 16.2. The minimum atomic E-state index is -0.688. The number of nitrogens with one attached hydrogen (secondary N) is 4. The number of primary amides is 1. The lowest BCUT2D eigenvalue weighted by atomic mass is 9.86. The highest BCUT2D eigenvalue weighted by molar-refractivity contribution is 5.88. The van der Waals surface area contributed by atoms with Gasteiger partial charge in [-0.05, 0) is 85.6 Å². The van der Waals surface area contributed by atoms with Gasteiger partial charge >= 0.3 is 0 Å². The van der Waals surface area contributed by atoms with Gasteiger partial charge < -0.3 is 57.7 Å². The van der Waals surface area contributed by atoms with Crippen LogP contribution in [0, 0.1) is 17.8 Å². The number of para-hydroxylation sites is 1. The van der Waals surface area contributed by atoms with Gasteiger partial charge in [-0.2, -0.15) is 0 Å². The molecule has 1 aromatic heterocycles. The van der Waals surface area contributed by atoms with E-state index in [0.717, 1.165) is 53.3 Å². The molecule has 0 radical (unpaired) electrons. The number of H-pyrrole nitrogens is 1. The first kappa shape index (κ1) is 66.7. The maximum absolute atomic E-state index is 14.4. The van der Waals surface area contributed by atoms with E-state index < -0.39 is 53.7 Å². The van der Waals surface area contributed by atoms with Gasteiger partial charge in [0.05, 0.1) is 38.6 Å². The van der Waals surface area contributed by atoms with Crippen LogP contribution >= 0.6 is 0 Å². The number of aromatic amines is 1. The van der Waals surface area contributed by atoms with Crippen molar-refractivity contribution in [3.8, 4) is 0 Å². The third kappa shape index (κ3) is 24.7. The smallest absolute Gasteiger partial charge is 0.239 e. The molecule has 1 saturated carbocycles. The summed E-state index contributed by atoms with van der Waals surface area (Å²) in [7, 11) is 0. The number of nitrogens with two attached hydrogens (primary N) is 3. The Morgan fingerprint density at radius 1 is 0.602 bits per heavy atom. The zero-order chi connectivity index (χ0) is 60.3. The predicted molar refractivity (Wildman–Crippen MR) is 325 cm³/mol. The highest BCUT2D eigenvalue weighted by Crippen LogP contribution is 2.28. The van der Waals surface area contributed by atoms with Crippen molar-refractivity contribution in [2.75, 3.05) is 58.9 Å². The van der Waals surface area contributed by atoms with Gasteiger partial charge in [-0.25, -0.2) is 0 Å². The molecule has 10 N–H and O–H groups in total. The quantitative estimate of drug-likeness (QED) is 0.0286. The highest BCUT2D eigenvalue weighted by Gasteiger charge is 2.30.